The number of methoxy groups -OCH3 is 1. The lowest BCUT2D eigenvalue weighted by Gasteiger charge is -2.25. The summed E-state index contributed by atoms with van der Waals surface area (Å²) < 4.78 is 23.0. The zero-order chi connectivity index (χ0) is 40.0. The monoisotopic (exact) mass is 726 g/mol. The van der Waals surface area contributed by atoms with Crippen molar-refractivity contribution >= 4 is 29.7 Å². The van der Waals surface area contributed by atoms with Gasteiger partial charge in [-0.3, -0.25) is 9.59 Å². The Hall–Kier alpha value is -5.71. The van der Waals surface area contributed by atoms with Crippen molar-refractivity contribution in [2.24, 2.45) is 5.92 Å². The first-order chi connectivity index (χ1) is 24.7. The van der Waals surface area contributed by atoms with E-state index in [2.05, 4.69) is 0 Å². The Labute approximate surface area is 309 Å². The summed E-state index contributed by atoms with van der Waals surface area (Å²) in [6.45, 7) is 20.3. The van der Waals surface area contributed by atoms with E-state index in [1.807, 2.05) is 0 Å². The molecule has 0 bridgehead atoms. The number of hydrogen-bond acceptors (Lipinski definition) is 10. The largest absolute Gasteiger partial charge is 0.507 e. The zero-order valence-corrected chi connectivity index (χ0v) is 32.5. The van der Waals surface area contributed by atoms with Crippen LogP contribution in [0.3, 0.4) is 0 Å². The number of carboxylic acid groups (broad SMARTS) is 1. The van der Waals surface area contributed by atoms with Crippen molar-refractivity contribution in [1.82, 2.24) is 0 Å². The van der Waals surface area contributed by atoms with Crippen LogP contribution in [0, 0.1) is 68.2 Å². The van der Waals surface area contributed by atoms with E-state index in [0.29, 0.717) is 55.6 Å². The summed E-state index contributed by atoms with van der Waals surface area (Å²) in [5, 5.41) is 21.3. The van der Waals surface area contributed by atoms with E-state index in [0.717, 1.165) is 0 Å². The van der Waals surface area contributed by atoms with Crippen molar-refractivity contribution in [3.8, 4) is 23.0 Å². The Kier molecular flexibility index (Phi) is 11.4. The first-order valence-corrected chi connectivity index (χ1v) is 17.1. The molecule has 0 radical (unpaired) electrons. The number of ether oxygens (including phenoxy) is 4. The molecule has 3 aromatic carbocycles. The fourth-order valence-corrected chi connectivity index (χ4v) is 6.84. The molecule has 0 aliphatic heterocycles. The van der Waals surface area contributed by atoms with E-state index in [9.17, 15) is 34.2 Å². The van der Waals surface area contributed by atoms with Gasteiger partial charge in [0.25, 0.3) is 0 Å². The topological polar surface area (TPSA) is 163 Å². The summed E-state index contributed by atoms with van der Waals surface area (Å²) >= 11 is 0. The van der Waals surface area contributed by atoms with E-state index in [4.69, 9.17) is 18.9 Å². The van der Waals surface area contributed by atoms with Gasteiger partial charge in [-0.05, 0) is 143 Å². The minimum atomic E-state index is -1.06. The van der Waals surface area contributed by atoms with Crippen LogP contribution in [-0.2, 0) is 14.3 Å². The lowest BCUT2D eigenvalue weighted by atomic mass is 9.90. The quantitative estimate of drug-likeness (QED) is 0.162. The highest BCUT2D eigenvalue weighted by Crippen LogP contribution is 2.44. The number of benzene rings is 3. The molecular formula is C42H46O11. The number of esters is 3. The number of rotatable bonds is 9. The normalized spacial score (nSPS) is 14.1. The third-order valence-electron chi connectivity index (χ3n) is 10.3. The van der Waals surface area contributed by atoms with Gasteiger partial charge in [-0.25, -0.2) is 14.4 Å². The van der Waals surface area contributed by atoms with Crippen LogP contribution in [0.5, 0.6) is 23.0 Å². The van der Waals surface area contributed by atoms with E-state index < -0.39 is 41.5 Å². The molecule has 11 nitrogen and oxygen atoms in total. The van der Waals surface area contributed by atoms with Crippen molar-refractivity contribution < 1.29 is 53.1 Å². The van der Waals surface area contributed by atoms with Gasteiger partial charge in [0, 0.05) is 11.6 Å². The van der Waals surface area contributed by atoms with Crippen LogP contribution < -0.4 is 14.2 Å². The fraction of sp³-hybridized carbons (Fsp3) is 0.357. The number of carboxylic acids is 1. The minimum Gasteiger partial charge on any atom is -0.507 e. The van der Waals surface area contributed by atoms with E-state index in [1.54, 1.807) is 89.2 Å². The van der Waals surface area contributed by atoms with Gasteiger partial charge < -0.3 is 29.2 Å². The molecule has 4 rings (SSSR count). The van der Waals surface area contributed by atoms with Crippen LogP contribution in [0.2, 0.25) is 0 Å². The summed E-state index contributed by atoms with van der Waals surface area (Å²) in [6, 6.07) is 1.55. The van der Waals surface area contributed by atoms with Crippen molar-refractivity contribution in [2.45, 2.75) is 89.0 Å². The molecule has 280 valence electrons. The number of ketones is 1. The molecule has 0 saturated carbocycles. The smallest absolute Gasteiger partial charge is 0.347 e. The Morgan fingerprint density at radius 1 is 0.660 bits per heavy atom. The molecule has 0 fully saturated rings. The van der Waals surface area contributed by atoms with Crippen LogP contribution in [0.25, 0.3) is 0 Å². The highest BCUT2D eigenvalue weighted by atomic mass is 16.5. The fourth-order valence-electron chi connectivity index (χ4n) is 6.84. The number of aromatic hydroxyl groups is 1. The van der Waals surface area contributed by atoms with E-state index in [1.165, 1.54) is 19.3 Å². The van der Waals surface area contributed by atoms with Crippen LogP contribution >= 0.6 is 0 Å². The second-order valence-electron chi connectivity index (χ2n) is 13.9. The predicted molar refractivity (Wildman–Crippen MR) is 198 cm³/mol. The highest BCUT2D eigenvalue weighted by Gasteiger charge is 2.35. The Bertz CT molecular complexity index is 2150. The SMILES string of the molecule is COC1=CC(=O)C=C(C)C1C(=O)Oc1c(C)c(C)c(C(=O)Oc2cc(C)c(C(=O)Oc3c(C)c(C)c(C(=O)O)c(C)c3C)c(C)c2C)c(O)c1C(C)C. The molecule has 2 N–H and O–H groups in total. The molecule has 53 heavy (non-hydrogen) atoms. The van der Waals surface area contributed by atoms with Gasteiger partial charge in [-0.15, -0.1) is 0 Å². The average molecular weight is 727 g/mol. The first-order valence-electron chi connectivity index (χ1n) is 17.1. The van der Waals surface area contributed by atoms with Gasteiger partial charge in [-0.1, -0.05) is 13.8 Å². The molecular weight excluding hydrogens is 680 g/mol. The number of aryl methyl sites for hydroxylation is 1. The van der Waals surface area contributed by atoms with Gasteiger partial charge in [0.15, 0.2) is 5.78 Å². The second kappa shape index (κ2) is 15.1. The maximum atomic E-state index is 13.9. The summed E-state index contributed by atoms with van der Waals surface area (Å²) in [4.78, 5) is 65.0. The number of aromatic carboxylic acids is 1. The summed E-state index contributed by atoms with van der Waals surface area (Å²) in [5.74, 6) is -4.69. The van der Waals surface area contributed by atoms with Gasteiger partial charge >= 0.3 is 23.9 Å². The summed E-state index contributed by atoms with van der Waals surface area (Å²) in [7, 11) is 1.36. The van der Waals surface area contributed by atoms with Crippen molar-refractivity contribution in [3.05, 3.63) is 102 Å². The molecule has 1 aliphatic carbocycles. The molecule has 0 spiro atoms. The van der Waals surface area contributed by atoms with Crippen molar-refractivity contribution in [2.75, 3.05) is 7.11 Å². The summed E-state index contributed by atoms with van der Waals surface area (Å²) in [6.07, 6.45) is 2.56. The number of carbonyl (C=O) groups excluding carboxylic acids is 4. The van der Waals surface area contributed by atoms with Crippen molar-refractivity contribution in [1.29, 1.82) is 0 Å². The van der Waals surface area contributed by atoms with Crippen molar-refractivity contribution in [3.63, 3.8) is 0 Å². The van der Waals surface area contributed by atoms with Crippen LogP contribution in [0.15, 0.2) is 29.6 Å². The van der Waals surface area contributed by atoms with Gasteiger partial charge in [-0.2, -0.15) is 0 Å². The van der Waals surface area contributed by atoms with Gasteiger partial charge in [0.05, 0.1) is 18.2 Å². The Balaban J connectivity index is 1.70. The molecule has 0 aromatic heterocycles. The molecule has 0 saturated heterocycles. The molecule has 0 amide bonds. The highest BCUT2D eigenvalue weighted by molar-refractivity contribution is 6.04. The van der Waals surface area contributed by atoms with Crippen LogP contribution in [-0.4, -0.2) is 47.0 Å². The average Bonchev–Trinajstić information content (AvgIpc) is 3.06. The maximum absolute atomic E-state index is 13.9. The predicted octanol–water partition coefficient (Wildman–Crippen LogP) is 8.01. The third kappa shape index (κ3) is 7.20. The van der Waals surface area contributed by atoms with Crippen LogP contribution in [0.4, 0.5) is 0 Å². The molecule has 0 heterocycles. The Morgan fingerprint density at radius 2 is 1.17 bits per heavy atom. The standard InChI is InChI=1S/C42H46O11/c1-17(2)31-36(44)35(24(9)27(12)38(31)53-41(48)33-18(3)14-28(43)16-30(33)50-13)42(49)51-29-15-19(4)32(21(6)20(29)5)40(47)52-37-25(10)22(7)34(39(45)46)23(8)26(37)11/h14-17,33,44H,1-13H3,(H,45,46). The number of phenols is 1. The number of allylic oxidation sites excluding steroid dienone is 2. The molecule has 1 unspecified atom stereocenters. The van der Waals surface area contributed by atoms with Gasteiger partial charge in [0.2, 0.25) is 0 Å². The summed E-state index contributed by atoms with van der Waals surface area (Å²) in [5.41, 5.74) is 5.28. The molecule has 1 atom stereocenters. The first kappa shape index (κ1) is 40.1. The van der Waals surface area contributed by atoms with E-state index >= 15 is 0 Å². The molecule has 3 aromatic rings. The van der Waals surface area contributed by atoms with Crippen LogP contribution in [0.1, 0.15) is 113 Å². The lowest BCUT2D eigenvalue weighted by Crippen LogP contribution is -2.28. The number of carbonyl (C=O) groups is 5. The zero-order valence-electron chi connectivity index (χ0n) is 32.5. The second-order valence-corrected chi connectivity index (χ2v) is 13.9. The van der Waals surface area contributed by atoms with E-state index in [-0.39, 0.29) is 51.0 Å². The molecule has 11 heteroatoms. The third-order valence-corrected chi connectivity index (χ3v) is 10.3. The minimum absolute atomic E-state index is 0.0934. The number of hydrogen-bond donors (Lipinski definition) is 2. The van der Waals surface area contributed by atoms with Gasteiger partial charge in [0.1, 0.15) is 40.2 Å². The molecule has 1 aliphatic rings. The maximum Gasteiger partial charge on any atom is 0.347 e. The lowest BCUT2D eigenvalue weighted by molar-refractivity contribution is -0.137. The Morgan fingerprint density at radius 3 is 1.70 bits per heavy atom. The number of phenolic OH excluding ortho intramolecular Hbond substituents is 1.